The Hall–Kier alpha value is -1.30. The van der Waals surface area contributed by atoms with Crippen molar-refractivity contribution in [2.45, 2.75) is 70.6 Å². The number of carbonyl (C=O) groups is 1. The fourth-order valence-electron chi connectivity index (χ4n) is 4.95. The Kier molecular flexibility index (Phi) is 6.58. The SMILES string of the molecule is CC(=O)C1=C(c2ccccc2N(C)C2CCC2)SC2CCC(C)(C)CC12.NO. The largest absolute Gasteiger partial charge is 0.371 e. The van der Waals surface area contributed by atoms with Gasteiger partial charge in [-0.25, -0.2) is 5.90 Å². The highest BCUT2D eigenvalue weighted by atomic mass is 32.2. The highest BCUT2D eigenvalue weighted by Crippen LogP contribution is 2.57. The first kappa shape index (κ1) is 21.4. The van der Waals surface area contributed by atoms with Gasteiger partial charge in [0.15, 0.2) is 5.78 Å². The lowest BCUT2D eigenvalue weighted by molar-refractivity contribution is -0.114. The number of hydrogen-bond donors (Lipinski definition) is 2. The first-order valence-electron chi connectivity index (χ1n) is 10.4. The van der Waals surface area contributed by atoms with E-state index in [1.807, 2.05) is 11.8 Å². The third-order valence-corrected chi connectivity index (χ3v) is 8.28. The molecule has 5 heteroatoms. The Balaban J connectivity index is 0.00000109. The van der Waals surface area contributed by atoms with Crippen LogP contribution in [0.4, 0.5) is 5.69 Å². The summed E-state index contributed by atoms with van der Waals surface area (Å²) in [7, 11) is 2.23. The summed E-state index contributed by atoms with van der Waals surface area (Å²) in [6, 6.07) is 9.40. The van der Waals surface area contributed by atoms with Crippen LogP contribution in [0.25, 0.3) is 4.91 Å². The molecule has 2 unspecified atom stereocenters. The van der Waals surface area contributed by atoms with Crippen molar-refractivity contribution in [3.05, 3.63) is 35.4 Å². The number of fused-ring (bicyclic) bond motifs is 1. The number of nitrogens with zero attached hydrogens (tertiary/aromatic N) is 1. The number of carbonyl (C=O) groups excluding carboxylic acids is 1. The molecule has 0 saturated heterocycles. The first-order chi connectivity index (χ1) is 13.4. The molecule has 4 nitrogen and oxygen atoms in total. The second kappa shape index (κ2) is 8.60. The normalized spacial score (nSPS) is 26.1. The number of thioether (sulfide) groups is 1. The summed E-state index contributed by atoms with van der Waals surface area (Å²) in [5, 5.41) is 7.08. The summed E-state index contributed by atoms with van der Waals surface area (Å²) in [6.45, 7) is 6.50. The second-order valence-electron chi connectivity index (χ2n) is 9.18. The Labute approximate surface area is 173 Å². The van der Waals surface area contributed by atoms with E-state index >= 15 is 0 Å². The molecule has 0 bridgehead atoms. The van der Waals surface area contributed by atoms with E-state index in [2.05, 4.69) is 56.0 Å². The van der Waals surface area contributed by atoms with Crippen molar-refractivity contribution in [1.29, 1.82) is 0 Å². The van der Waals surface area contributed by atoms with Crippen LogP contribution < -0.4 is 10.8 Å². The van der Waals surface area contributed by atoms with Gasteiger partial charge >= 0.3 is 0 Å². The molecule has 2 fully saturated rings. The first-order valence-corrected chi connectivity index (χ1v) is 11.3. The lowest BCUT2D eigenvalue weighted by Crippen LogP contribution is -2.37. The van der Waals surface area contributed by atoms with Crippen LogP contribution in [-0.2, 0) is 4.79 Å². The zero-order valence-electron chi connectivity index (χ0n) is 17.6. The number of allylic oxidation sites excluding steroid dienone is 1. The molecule has 28 heavy (non-hydrogen) atoms. The maximum Gasteiger partial charge on any atom is 0.157 e. The minimum Gasteiger partial charge on any atom is -0.371 e. The van der Waals surface area contributed by atoms with Gasteiger partial charge in [-0.1, -0.05) is 32.0 Å². The van der Waals surface area contributed by atoms with Crippen LogP contribution >= 0.6 is 11.8 Å². The molecule has 2 atom stereocenters. The molecule has 0 radical (unpaired) electrons. The van der Waals surface area contributed by atoms with Crippen molar-refractivity contribution >= 4 is 28.1 Å². The molecule has 2 aliphatic carbocycles. The Morgan fingerprint density at radius 3 is 2.50 bits per heavy atom. The van der Waals surface area contributed by atoms with Crippen molar-refractivity contribution in [2.24, 2.45) is 17.2 Å². The Morgan fingerprint density at radius 2 is 1.89 bits per heavy atom. The molecular weight excluding hydrogens is 368 g/mol. The van der Waals surface area contributed by atoms with E-state index in [1.165, 1.54) is 48.3 Å². The van der Waals surface area contributed by atoms with Gasteiger partial charge in [0.25, 0.3) is 0 Å². The van der Waals surface area contributed by atoms with Gasteiger partial charge in [-0.15, -0.1) is 11.8 Å². The maximum absolute atomic E-state index is 12.7. The number of Topliss-reactive ketones (excluding diaryl/α,β-unsaturated/α-hetero) is 1. The summed E-state index contributed by atoms with van der Waals surface area (Å²) in [5.41, 5.74) is 4.04. The zero-order valence-corrected chi connectivity index (χ0v) is 18.4. The standard InChI is InChI=1S/C23H31NOS.H3NO/c1-15(25)21-18-14-23(2,3)13-12-20(18)26-22(21)17-10-5-6-11-19(17)24(4)16-8-7-9-16;1-2/h5-6,10-11,16,18,20H,7-9,12-14H2,1-4H3;2H,1H2. The van der Waals surface area contributed by atoms with Gasteiger partial charge in [-0.05, 0) is 56.9 Å². The molecular formula is C23H34N2O2S. The fourth-order valence-corrected chi connectivity index (χ4v) is 6.61. The van der Waals surface area contributed by atoms with Crippen LogP contribution in [0.5, 0.6) is 0 Å². The Bertz CT molecular complexity index is 755. The van der Waals surface area contributed by atoms with E-state index in [4.69, 9.17) is 5.21 Å². The molecule has 1 aromatic carbocycles. The highest BCUT2D eigenvalue weighted by Gasteiger charge is 2.44. The molecule has 2 saturated carbocycles. The molecule has 0 amide bonds. The predicted molar refractivity (Wildman–Crippen MR) is 119 cm³/mol. The second-order valence-corrected chi connectivity index (χ2v) is 10.4. The van der Waals surface area contributed by atoms with Crippen molar-refractivity contribution in [3.8, 4) is 0 Å². The third-order valence-electron chi connectivity index (χ3n) is 6.74. The van der Waals surface area contributed by atoms with Crippen molar-refractivity contribution in [2.75, 3.05) is 11.9 Å². The van der Waals surface area contributed by atoms with E-state index in [1.54, 1.807) is 6.92 Å². The van der Waals surface area contributed by atoms with Gasteiger partial charge in [0.2, 0.25) is 0 Å². The summed E-state index contributed by atoms with van der Waals surface area (Å²) in [5.74, 6) is 4.21. The number of para-hydroxylation sites is 1. The summed E-state index contributed by atoms with van der Waals surface area (Å²) < 4.78 is 0. The lowest BCUT2D eigenvalue weighted by Gasteiger charge is -2.37. The number of anilines is 1. The van der Waals surface area contributed by atoms with Gasteiger partial charge < -0.3 is 10.1 Å². The molecule has 1 aliphatic heterocycles. The predicted octanol–water partition coefficient (Wildman–Crippen LogP) is 5.25. The summed E-state index contributed by atoms with van der Waals surface area (Å²) in [6.07, 6.45) is 7.55. The van der Waals surface area contributed by atoms with Crippen LogP contribution in [-0.4, -0.2) is 29.3 Å². The van der Waals surface area contributed by atoms with Crippen LogP contribution in [0, 0.1) is 11.3 Å². The van der Waals surface area contributed by atoms with Gasteiger partial charge in [0.1, 0.15) is 0 Å². The lowest BCUT2D eigenvalue weighted by atomic mass is 9.69. The molecule has 1 heterocycles. The molecule has 3 N–H and O–H groups in total. The van der Waals surface area contributed by atoms with E-state index in [9.17, 15) is 4.79 Å². The van der Waals surface area contributed by atoms with E-state index in [-0.39, 0.29) is 5.78 Å². The average Bonchev–Trinajstić information content (AvgIpc) is 2.99. The minimum absolute atomic E-state index is 0.277. The van der Waals surface area contributed by atoms with E-state index < -0.39 is 0 Å². The number of hydrogen-bond acceptors (Lipinski definition) is 5. The molecule has 0 aromatic heterocycles. The monoisotopic (exact) mass is 402 g/mol. The molecule has 1 aromatic rings. The topological polar surface area (TPSA) is 66.6 Å². The highest BCUT2D eigenvalue weighted by molar-refractivity contribution is 8.09. The quantitative estimate of drug-likeness (QED) is 0.673. The summed E-state index contributed by atoms with van der Waals surface area (Å²) in [4.78, 5) is 16.4. The van der Waals surface area contributed by atoms with Crippen LogP contribution in [0.3, 0.4) is 0 Å². The summed E-state index contributed by atoms with van der Waals surface area (Å²) >= 11 is 1.99. The van der Waals surface area contributed by atoms with Gasteiger partial charge in [-0.3, -0.25) is 4.79 Å². The van der Waals surface area contributed by atoms with Gasteiger partial charge in [0, 0.05) is 46.0 Å². The van der Waals surface area contributed by atoms with Crippen molar-refractivity contribution in [3.63, 3.8) is 0 Å². The van der Waals surface area contributed by atoms with Gasteiger partial charge in [-0.2, -0.15) is 0 Å². The smallest absolute Gasteiger partial charge is 0.157 e. The fraction of sp³-hybridized carbons (Fsp3) is 0.609. The molecule has 3 aliphatic rings. The number of nitrogens with two attached hydrogens (primary N) is 1. The minimum atomic E-state index is 0.277. The maximum atomic E-state index is 12.7. The number of ketones is 1. The third kappa shape index (κ3) is 4.03. The van der Waals surface area contributed by atoms with Gasteiger partial charge in [0.05, 0.1) is 0 Å². The van der Waals surface area contributed by atoms with E-state index in [0.717, 1.165) is 12.0 Å². The Morgan fingerprint density at radius 1 is 1.21 bits per heavy atom. The number of benzene rings is 1. The molecule has 4 rings (SSSR count). The molecule has 154 valence electrons. The van der Waals surface area contributed by atoms with Crippen LogP contribution in [0.2, 0.25) is 0 Å². The molecule has 0 spiro atoms. The number of rotatable bonds is 4. The van der Waals surface area contributed by atoms with Crippen LogP contribution in [0.15, 0.2) is 29.8 Å². The van der Waals surface area contributed by atoms with E-state index in [0.29, 0.717) is 22.6 Å². The van der Waals surface area contributed by atoms with Crippen molar-refractivity contribution in [1.82, 2.24) is 0 Å². The van der Waals surface area contributed by atoms with Crippen molar-refractivity contribution < 1.29 is 10.0 Å². The van der Waals surface area contributed by atoms with Crippen LogP contribution in [0.1, 0.15) is 64.9 Å². The average molecular weight is 403 g/mol. The zero-order chi connectivity index (χ0) is 20.5.